The summed E-state index contributed by atoms with van der Waals surface area (Å²) >= 11 is 3.39. The van der Waals surface area contributed by atoms with Crippen molar-refractivity contribution in [1.29, 1.82) is 0 Å². The molecule has 0 bridgehead atoms. The van der Waals surface area contributed by atoms with Crippen molar-refractivity contribution in [3.05, 3.63) is 28.4 Å². The average Bonchev–Trinajstić information content (AvgIpc) is 2.60. The molecule has 0 saturated heterocycles. The SMILES string of the molecule is Cc1c(Br)ccc(O)c1-c1cnoc1N. The summed E-state index contributed by atoms with van der Waals surface area (Å²) in [6.45, 7) is 1.88. The van der Waals surface area contributed by atoms with Crippen LogP contribution in [0.15, 0.2) is 27.3 Å². The van der Waals surface area contributed by atoms with Gasteiger partial charge in [0.15, 0.2) is 0 Å². The normalized spacial score (nSPS) is 10.5. The zero-order valence-electron chi connectivity index (χ0n) is 7.99. The fourth-order valence-electron chi connectivity index (χ4n) is 1.45. The molecule has 0 atom stereocenters. The van der Waals surface area contributed by atoms with Crippen LogP contribution in [0.3, 0.4) is 0 Å². The summed E-state index contributed by atoms with van der Waals surface area (Å²) in [5, 5.41) is 13.3. The highest BCUT2D eigenvalue weighted by Crippen LogP contribution is 2.38. The number of phenols is 1. The van der Waals surface area contributed by atoms with Gasteiger partial charge in [-0.25, -0.2) is 0 Å². The van der Waals surface area contributed by atoms with Crippen molar-refractivity contribution in [2.75, 3.05) is 5.73 Å². The van der Waals surface area contributed by atoms with Crippen molar-refractivity contribution in [3.63, 3.8) is 0 Å². The molecular weight excluding hydrogens is 260 g/mol. The van der Waals surface area contributed by atoms with E-state index >= 15 is 0 Å². The zero-order chi connectivity index (χ0) is 11.0. The molecule has 5 heteroatoms. The summed E-state index contributed by atoms with van der Waals surface area (Å²) in [6.07, 6.45) is 1.49. The van der Waals surface area contributed by atoms with Crippen LogP contribution in [-0.4, -0.2) is 10.3 Å². The third-order valence-corrected chi connectivity index (χ3v) is 3.10. The van der Waals surface area contributed by atoms with Crippen LogP contribution >= 0.6 is 15.9 Å². The van der Waals surface area contributed by atoms with Crippen LogP contribution in [0.1, 0.15) is 5.56 Å². The molecule has 0 saturated carbocycles. The summed E-state index contributed by atoms with van der Waals surface area (Å²) in [6, 6.07) is 3.37. The number of rotatable bonds is 1. The van der Waals surface area contributed by atoms with Gasteiger partial charge >= 0.3 is 0 Å². The van der Waals surface area contributed by atoms with E-state index in [9.17, 15) is 5.11 Å². The molecule has 0 radical (unpaired) electrons. The highest BCUT2D eigenvalue weighted by atomic mass is 79.9. The quantitative estimate of drug-likeness (QED) is 0.834. The molecule has 0 amide bonds. The predicted octanol–water partition coefficient (Wildman–Crippen LogP) is 2.70. The van der Waals surface area contributed by atoms with Gasteiger partial charge in [-0.3, -0.25) is 0 Å². The van der Waals surface area contributed by atoms with Gasteiger partial charge in [-0.1, -0.05) is 21.1 Å². The van der Waals surface area contributed by atoms with Gasteiger partial charge in [0.1, 0.15) is 5.75 Å². The van der Waals surface area contributed by atoms with E-state index in [4.69, 9.17) is 10.3 Å². The molecule has 0 unspecified atom stereocenters. The minimum absolute atomic E-state index is 0.158. The molecule has 1 aromatic carbocycles. The first-order chi connectivity index (χ1) is 7.11. The molecule has 0 aliphatic rings. The fraction of sp³-hybridized carbons (Fsp3) is 0.100. The fourth-order valence-corrected chi connectivity index (χ4v) is 1.78. The van der Waals surface area contributed by atoms with Gasteiger partial charge in [0, 0.05) is 10.0 Å². The minimum atomic E-state index is 0.158. The number of nitrogens with two attached hydrogens (primary N) is 1. The van der Waals surface area contributed by atoms with Gasteiger partial charge in [-0.05, 0) is 24.6 Å². The van der Waals surface area contributed by atoms with Crippen molar-refractivity contribution >= 4 is 21.8 Å². The predicted molar refractivity (Wildman–Crippen MR) is 60.5 cm³/mol. The number of aromatic hydroxyl groups is 1. The highest BCUT2D eigenvalue weighted by molar-refractivity contribution is 9.10. The Balaban J connectivity index is 2.72. The van der Waals surface area contributed by atoms with Gasteiger partial charge in [0.2, 0.25) is 5.88 Å². The van der Waals surface area contributed by atoms with Crippen LogP contribution < -0.4 is 5.73 Å². The van der Waals surface area contributed by atoms with E-state index in [1.165, 1.54) is 6.20 Å². The first-order valence-electron chi connectivity index (χ1n) is 4.30. The van der Waals surface area contributed by atoms with Crippen molar-refractivity contribution in [3.8, 4) is 16.9 Å². The summed E-state index contributed by atoms with van der Waals surface area (Å²) < 4.78 is 5.67. The van der Waals surface area contributed by atoms with Gasteiger partial charge in [-0.15, -0.1) is 0 Å². The number of hydrogen-bond acceptors (Lipinski definition) is 4. The third kappa shape index (κ3) is 1.59. The van der Waals surface area contributed by atoms with E-state index in [1.807, 2.05) is 6.92 Å². The Kier molecular flexibility index (Phi) is 2.40. The molecule has 0 aliphatic heterocycles. The van der Waals surface area contributed by atoms with Crippen LogP contribution in [0.2, 0.25) is 0 Å². The Bertz CT molecular complexity index is 508. The second-order valence-corrected chi connectivity index (χ2v) is 4.02. The maximum absolute atomic E-state index is 9.77. The lowest BCUT2D eigenvalue weighted by Gasteiger charge is -2.08. The molecule has 3 N–H and O–H groups in total. The lowest BCUT2D eigenvalue weighted by Crippen LogP contribution is -1.89. The molecule has 2 rings (SSSR count). The minimum Gasteiger partial charge on any atom is -0.507 e. The number of phenolic OH excluding ortho intramolecular Hbond substituents is 1. The Labute approximate surface area is 94.8 Å². The van der Waals surface area contributed by atoms with E-state index < -0.39 is 0 Å². The number of nitrogen functional groups attached to an aromatic ring is 1. The molecule has 1 heterocycles. The first kappa shape index (κ1) is 10.0. The number of benzene rings is 1. The van der Waals surface area contributed by atoms with E-state index in [0.29, 0.717) is 11.1 Å². The van der Waals surface area contributed by atoms with Crippen molar-refractivity contribution in [2.24, 2.45) is 0 Å². The van der Waals surface area contributed by atoms with E-state index in [-0.39, 0.29) is 11.6 Å². The summed E-state index contributed by atoms with van der Waals surface area (Å²) in [5.41, 5.74) is 7.74. The monoisotopic (exact) mass is 268 g/mol. The Hall–Kier alpha value is -1.49. The summed E-state index contributed by atoms with van der Waals surface area (Å²) in [5.74, 6) is 0.358. The number of hydrogen-bond donors (Lipinski definition) is 2. The number of nitrogens with zero attached hydrogens (tertiary/aromatic N) is 1. The number of anilines is 1. The van der Waals surface area contributed by atoms with Crippen LogP contribution in [0, 0.1) is 6.92 Å². The second-order valence-electron chi connectivity index (χ2n) is 3.17. The summed E-state index contributed by atoms with van der Waals surface area (Å²) in [7, 11) is 0. The molecule has 0 spiro atoms. The molecule has 4 nitrogen and oxygen atoms in total. The third-order valence-electron chi connectivity index (χ3n) is 2.24. The molecule has 15 heavy (non-hydrogen) atoms. The molecule has 78 valence electrons. The van der Waals surface area contributed by atoms with Crippen molar-refractivity contribution < 1.29 is 9.63 Å². The molecular formula is C10H9BrN2O2. The second kappa shape index (κ2) is 3.58. The molecule has 1 aromatic heterocycles. The van der Waals surface area contributed by atoms with Gasteiger partial charge in [0.05, 0.1) is 11.8 Å². The highest BCUT2D eigenvalue weighted by Gasteiger charge is 2.15. The maximum Gasteiger partial charge on any atom is 0.230 e. The standard InChI is InChI=1S/C10H9BrN2O2/c1-5-7(11)2-3-8(14)9(5)6-4-13-15-10(6)12/h2-4,14H,12H2,1H3. The molecule has 2 aromatic rings. The lowest BCUT2D eigenvalue weighted by atomic mass is 10.0. The van der Waals surface area contributed by atoms with Gasteiger partial charge in [0.25, 0.3) is 0 Å². The maximum atomic E-state index is 9.77. The average molecular weight is 269 g/mol. The Morgan fingerprint density at radius 2 is 2.20 bits per heavy atom. The molecule has 0 fully saturated rings. The van der Waals surface area contributed by atoms with Gasteiger partial charge < -0.3 is 15.4 Å². The van der Waals surface area contributed by atoms with Crippen LogP contribution in [0.25, 0.3) is 11.1 Å². The van der Waals surface area contributed by atoms with Crippen LogP contribution in [0.4, 0.5) is 5.88 Å². The van der Waals surface area contributed by atoms with Gasteiger partial charge in [-0.2, -0.15) is 0 Å². The van der Waals surface area contributed by atoms with Crippen LogP contribution in [0.5, 0.6) is 5.75 Å². The Morgan fingerprint density at radius 1 is 1.47 bits per heavy atom. The summed E-state index contributed by atoms with van der Waals surface area (Å²) in [4.78, 5) is 0. The van der Waals surface area contributed by atoms with E-state index in [1.54, 1.807) is 12.1 Å². The van der Waals surface area contributed by atoms with E-state index in [2.05, 4.69) is 21.1 Å². The van der Waals surface area contributed by atoms with Crippen LogP contribution in [-0.2, 0) is 0 Å². The first-order valence-corrected chi connectivity index (χ1v) is 5.09. The molecule has 0 aliphatic carbocycles. The topological polar surface area (TPSA) is 72.3 Å². The number of aromatic nitrogens is 1. The Morgan fingerprint density at radius 3 is 2.80 bits per heavy atom. The van der Waals surface area contributed by atoms with Crippen molar-refractivity contribution in [1.82, 2.24) is 5.16 Å². The van der Waals surface area contributed by atoms with Crippen molar-refractivity contribution in [2.45, 2.75) is 6.92 Å². The number of halogens is 1. The zero-order valence-corrected chi connectivity index (χ0v) is 9.58. The van der Waals surface area contributed by atoms with E-state index in [0.717, 1.165) is 10.0 Å². The largest absolute Gasteiger partial charge is 0.507 e. The smallest absolute Gasteiger partial charge is 0.230 e. The lowest BCUT2D eigenvalue weighted by molar-refractivity contribution is 0.436.